The van der Waals surface area contributed by atoms with Gasteiger partial charge in [0.05, 0.1) is 13.2 Å². The Kier molecular flexibility index (Phi) is 17.7. The Labute approximate surface area is 193 Å². The van der Waals surface area contributed by atoms with Crippen LogP contribution < -0.4 is 10.6 Å². The molecule has 1 fully saturated rings. The highest BCUT2D eigenvalue weighted by Gasteiger charge is 2.10. The van der Waals surface area contributed by atoms with Crippen LogP contribution in [0.15, 0.2) is 4.99 Å². The van der Waals surface area contributed by atoms with E-state index in [0.717, 1.165) is 78.5 Å². The molecule has 10 heteroatoms. The van der Waals surface area contributed by atoms with Crippen molar-refractivity contribution >= 4 is 35.8 Å². The van der Waals surface area contributed by atoms with E-state index < -0.39 is 0 Å². The van der Waals surface area contributed by atoms with E-state index in [-0.39, 0.29) is 36.4 Å². The van der Waals surface area contributed by atoms with Gasteiger partial charge in [0.2, 0.25) is 5.91 Å². The maximum absolute atomic E-state index is 11.8. The van der Waals surface area contributed by atoms with Gasteiger partial charge in [-0.3, -0.25) is 9.69 Å². The van der Waals surface area contributed by atoms with E-state index in [0.29, 0.717) is 5.96 Å². The molecule has 0 radical (unpaired) electrons. The molecule has 0 unspecified atom stereocenters. The van der Waals surface area contributed by atoms with E-state index in [2.05, 4.69) is 32.5 Å². The summed E-state index contributed by atoms with van der Waals surface area (Å²) in [5, 5.41) is 6.69. The fourth-order valence-electron chi connectivity index (χ4n) is 2.75. The number of carbonyl (C=O) groups excluding carboxylic acids is 1. The minimum Gasteiger partial charge on any atom is -0.385 e. The number of methoxy groups -OCH3 is 1. The molecule has 1 heterocycles. The molecule has 0 spiro atoms. The first-order valence-corrected chi connectivity index (χ1v) is 10.2. The monoisotopic (exact) mass is 528 g/mol. The Morgan fingerprint density at radius 2 is 1.79 bits per heavy atom. The van der Waals surface area contributed by atoms with E-state index in [1.54, 1.807) is 26.1 Å². The number of amides is 1. The molecule has 0 saturated carbocycles. The number of ether oxygens (including phenoxy) is 2. The first-order chi connectivity index (χ1) is 13.5. The molecule has 1 aliphatic heterocycles. The van der Waals surface area contributed by atoms with Gasteiger partial charge in [-0.15, -0.1) is 24.0 Å². The van der Waals surface area contributed by atoms with Crippen LogP contribution in [0.1, 0.15) is 12.8 Å². The number of likely N-dealkylation sites (N-methyl/N-ethyl adjacent to an activating group) is 2. The normalized spacial score (nSPS) is 15.1. The third-order valence-corrected chi connectivity index (χ3v) is 4.59. The first-order valence-electron chi connectivity index (χ1n) is 10.2. The van der Waals surface area contributed by atoms with Gasteiger partial charge in [0.1, 0.15) is 6.54 Å². The van der Waals surface area contributed by atoms with Crippen molar-refractivity contribution in [3.63, 3.8) is 0 Å². The summed E-state index contributed by atoms with van der Waals surface area (Å²) >= 11 is 0. The lowest BCUT2D eigenvalue weighted by atomic mass is 10.3. The van der Waals surface area contributed by atoms with Crippen LogP contribution in [0.25, 0.3) is 0 Å². The zero-order chi connectivity index (χ0) is 20.6. The molecule has 9 nitrogen and oxygen atoms in total. The Morgan fingerprint density at radius 3 is 2.45 bits per heavy atom. The number of nitrogens with zero attached hydrogens (tertiary/aromatic N) is 4. The zero-order valence-corrected chi connectivity index (χ0v) is 20.9. The predicted octanol–water partition coefficient (Wildman–Crippen LogP) is -0.0816. The van der Waals surface area contributed by atoms with Crippen molar-refractivity contribution in [1.29, 1.82) is 0 Å². The summed E-state index contributed by atoms with van der Waals surface area (Å²) in [5.74, 6) is 0.688. The second-order valence-electron chi connectivity index (χ2n) is 7.26. The number of morpholine rings is 1. The van der Waals surface area contributed by atoms with Gasteiger partial charge in [-0.05, 0) is 26.4 Å². The highest BCUT2D eigenvalue weighted by molar-refractivity contribution is 14.0. The van der Waals surface area contributed by atoms with Crippen LogP contribution in [0.5, 0.6) is 0 Å². The van der Waals surface area contributed by atoms with Gasteiger partial charge in [0.25, 0.3) is 0 Å². The molecule has 29 heavy (non-hydrogen) atoms. The predicted molar refractivity (Wildman–Crippen MR) is 128 cm³/mol. The molecule has 1 saturated heterocycles. The molecule has 2 N–H and O–H groups in total. The Balaban J connectivity index is 0.00000784. The van der Waals surface area contributed by atoms with E-state index in [1.807, 2.05) is 0 Å². The van der Waals surface area contributed by atoms with Crippen LogP contribution in [0, 0.1) is 0 Å². The lowest BCUT2D eigenvalue weighted by Gasteiger charge is -2.26. The summed E-state index contributed by atoms with van der Waals surface area (Å²) in [7, 11) is 7.31. The topological polar surface area (TPSA) is 81.7 Å². The number of carbonyl (C=O) groups is 1. The van der Waals surface area contributed by atoms with E-state index in [4.69, 9.17) is 9.47 Å². The van der Waals surface area contributed by atoms with Gasteiger partial charge in [0.15, 0.2) is 5.96 Å². The first kappa shape index (κ1) is 28.3. The standard InChI is InChI=1S/C19H40N6O3.HI/c1-23(2)18(26)17-22-19(21-8-11-24(3)9-6-14-27-4)20-7-5-10-25-12-15-28-16-13-25;/h5-17H2,1-4H3,(H2,20,21,22);1H. The summed E-state index contributed by atoms with van der Waals surface area (Å²) in [6, 6.07) is 0. The van der Waals surface area contributed by atoms with Gasteiger partial charge in [-0.1, -0.05) is 0 Å². The number of hydrogen-bond donors (Lipinski definition) is 2. The lowest BCUT2D eigenvalue weighted by molar-refractivity contribution is -0.127. The third-order valence-electron chi connectivity index (χ3n) is 4.59. The van der Waals surface area contributed by atoms with Crippen molar-refractivity contribution < 1.29 is 14.3 Å². The molecular weight excluding hydrogens is 487 g/mol. The van der Waals surface area contributed by atoms with Crippen molar-refractivity contribution in [3.8, 4) is 0 Å². The van der Waals surface area contributed by atoms with Crippen molar-refractivity contribution in [2.45, 2.75) is 12.8 Å². The van der Waals surface area contributed by atoms with Crippen LogP contribution in [0.2, 0.25) is 0 Å². The van der Waals surface area contributed by atoms with Crippen LogP contribution >= 0.6 is 24.0 Å². The SMILES string of the molecule is COCCCN(C)CCNC(=NCC(=O)N(C)C)NCCCN1CCOCC1.I. The molecule has 0 aromatic rings. The minimum absolute atomic E-state index is 0. The van der Waals surface area contributed by atoms with Crippen LogP contribution in [-0.4, -0.2) is 127 Å². The quantitative estimate of drug-likeness (QED) is 0.150. The molecule has 172 valence electrons. The maximum atomic E-state index is 11.8. The molecule has 0 aliphatic carbocycles. The zero-order valence-electron chi connectivity index (χ0n) is 18.6. The Hall–Kier alpha value is -0.690. The number of aliphatic imine (C=N–C) groups is 1. The van der Waals surface area contributed by atoms with Gasteiger partial charge in [-0.25, -0.2) is 4.99 Å². The third kappa shape index (κ3) is 14.9. The summed E-state index contributed by atoms with van der Waals surface area (Å²) in [5.41, 5.74) is 0. The van der Waals surface area contributed by atoms with Crippen LogP contribution in [-0.2, 0) is 14.3 Å². The summed E-state index contributed by atoms with van der Waals surface area (Å²) in [6.45, 7) is 9.13. The summed E-state index contributed by atoms with van der Waals surface area (Å²) in [4.78, 5) is 22.5. The van der Waals surface area contributed by atoms with Crippen LogP contribution in [0.3, 0.4) is 0 Å². The van der Waals surface area contributed by atoms with Gasteiger partial charge in [0, 0.05) is 67.1 Å². The fraction of sp³-hybridized carbons (Fsp3) is 0.895. The van der Waals surface area contributed by atoms with E-state index in [1.165, 1.54) is 0 Å². The maximum Gasteiger partial charge on any atom is 0.243 e. The highest BCUT2D eigenvalue weighted by atomic mass is 127. The largest absolute Gasteiger partial charge is 0.385 e. The Morgan fingerprint density at radius 1 is 1.10 bits per heavy atom. The molecule has 0 atom stereocenters. The lowest BCUT2D eigenvalue weighted by Crippen LogP contribution is -2.43. The summed E-state index contributed by atoms with van der Waals surface area (Å²) in [6.07, 6.45) is 2.05. The summed E-state index contributed by atoms with van der Waals surface area (Å²) < 4.78 is 10.5. The van der Waals surface area contributed by atoms with Crippen molar-refractivity contribution in [1.82, 2.24) is 25.3 Å². The fourth-order valence-corrected chi connectivity index (χ4v) is 2.75. The van der Waals surface area contributed by atoms with E-state index >= 15 is 0 Å². The van der Waals surface area contributed by atoms with Crippen molar-refractivity contribution in [3.05, 3.63) is 0 Å². The van der Waals surface area contributed by atoms with Crippen molar-refractivity contribution in [2.75, 3.05) is 100 Å². The molecule has 1 amide bonds. The second kappa shape index (κ2) is 18.1. The number of guanidine groups is 1. The number of nitrogens with one attached hydrogen (secondary N) is 2. The molecule has 1 aliphatic rings. The second-order valence-corrected chi connectivity index (χ2v) is 7.26. The Bertz CT molecular complexity index is 448. The number of hydrogen-bond acceptors (Lipinski definition) is 6. The number of rotatable bonds is 13. The molecular formula is C19H41IN6O3. The minimum atomic E-state index is -0.00824. The molecule has 0 bridgehead atoms. The van der Waals surface area contributed by atoms with Crippen molar-refractivity contribution in [2.24, 2.45) is 4.99 Å². The van der Waals surface area contributed by atoms with E-state index in [9.17, 15) is 4.79 Å². The highest BCUT2D eigenvalue weighted by Crippen LogP contribution is 1.97. The average molecular weight is 528 g/mol. The average Bonchev–Trinajstić information content (AvgIpc) is 2.69. The van der Waals surface area contributed by atoms with Gasteiger partial charge in [-0.2, -0.15) is 0 Å². The molecule has 1 rings (SSSR count). The van der Waals surface area contributed by atoms with Crippen LogP contribution in [0.4, 0.5) is 0 Å². The van der Waals surface area contributed by atoms with Gasteiger partial charge < -0.3 is 29.9 Å². The molecule has 0 aromatic carbocycles. The number of halogens is 1. The molecule has 0 aromatic heterocycles. The smallest absolute Gasteiger partial charge is 0.243 e. The van der Waals surface area contributed by atoms with Gasteiger partial charge >= 0.3 is 0 Å².